The molecule has 0 saturated heterocycles. The van der Waals surface area contributed by atoms with Crippen LogP contribution in [0.3, 0.4) is 0 Å². The number of rotatable bonds is 0. The van der Waals surface area contributed by atoms with E-state index in [1.165, 1.54) is 0 Å². The van der Waals surface area contributed by atoms with Crippen molar-refractivity contribution in [1.82, 2.24) is 0 Å². The van der Waals surface area contributed by atoms with Crippen LogP contribution in [0.2, 0.25) is 0 Å². The molecule has 5 heavy (non-hydrogen) atoms. The van der Waals surface area contributed by atoms with Gasteiger partial charge >= 0.3 is 17.1 Å². The second kappa shape index (κ2) is 29.7. The van der Waals surface area contributed by atoms with Gasteiger partial charge < -0.3 is 51.2 Å². The Kier molecular flexibility index (Phi) is 279. The third-order valence-electron chi connectivity index (χ3n) is 0. The van der Waals surface area contributed by atoms with Crippen LogP contribution < -0.4 is 0 Å². The van der Waals surface area contributed by atoms with Crippen molar-refractivity contribution < 1.29 is 37.2 Å². The van der Waals surface area contributed by atoms with Crippen LogP contribution in [0, 0.1) is 0 Å². The molecule has 0 saturated carbocycles. The molecule has 2 radical (unpaired) electrons. The zero-order valence-electron chi connectivity index (χ0n) is 1.86. The van der Waals surface area contributed by atoms with Gasteiger partial charge in [-0.25, -0.2) is 0 Å². The first-order valence-corrected chi connectivity index (χ1v) is 0. The SMILES string of the molecule is [Cu+2].[Ir].[Se-2].[Se-2].[Se-2]. The molecular formula is CuIrSe3-4. The van der Waals surface area contributed by atoms with Gasteiger partial charge in [-0.15, -0.1) is 0 Å². The fourth-order valence-electron chi connectivity index (χ4n) is 0. The molecule has 0 N–H and O–H groups in total. The monoisotopic (exact) mass is 496 g/mol. The van der Waals surface area contributed by atoms with E-state index in [4.69, 9.17) is 0 Å². The summed E-state index contributed by atoms with van der Waals surface area (Å²) < 4.78 is 0. The molecule has 0 spiro atoms. The molecule has 0 aromatic rings. The van der Waals surface area contributed by atoms with E-state index in [2.05, 4.69) is 0 Å². The molecule has 0 aromatic heterocycles. The minimum Gasteiger partial charge on any atom is -2.00 e. The summed E-state index contributed by atoms with van der Waals surface area (Å²) >= 11 is 0. The predicted octanol–water partition coefficient (Wildman–Crippen LogP) is -1.15. The van der Waals surface area contributed by atoms with Crippen molar-refractivity contribution in [1.29, 1.82) is 0 Å². The van der Waals surface area contributed by atoms with Crippen molar-refractivity contribution in [3.8, 4) is 0 Å². The largest absolute Gasteiger partial charge is 2.00 e. The molecule has 0 nitrogen and oxygen atoms in total. The van der Waals surface area contributed by atoms with Crippen molar-refractivity contribution in [3.63, 3.8) is 0 Å². The Labute approximate surface area is 87.2 Å². The van der Waals surface area contributed by atoms with E-state index in [1.807, 2.05) is 0 Å². The first-order valence-electron chi connectivity index (χ1n) is 0. The molecule has 0 aliphatic rings. The van der Waals surface area contributed by atoms with E-state index < -0.39 is 0 Å². The van der Waals surface area contributed by atoms with Crippen LogP contribution in [-0.4, -0.2) is 51.2 Å². The molecule has 0 aliphatic heterocycles. The molecule has 42 valence electrons. The maximum absolute atomic E-state index is 0. The van der Waals surface area contributed by atoms with Gasteiger partial charge in [0.2, 0.25) is 0 Å². The Hall–Kier alpha value is 2.73. The van der Waals surface area contributed by atoms with E-state index in [0.717, 1.165) is 0 Å². The van der Waals surface area contributed by atoms with Gasteiger partial charge in [-0.2, -0.15) is 0 Å². The van der Waals surface area contributed by atoms with Crippen LogP contribution in [-0.2, 0) is 37.2 Å². The van der Waals surface area contributed by atoms with Gasteiger partial charge in [0, 0.05) is 20.1 Å². The second-order valence-corrected chi connectivity index (χ2v) is 0. The van der Waals surface area contributed by atoms with Gasteiger partial charge in [0.05, 0.1) is 0 Å². The van der Waals surface area contributed by atoms with Crippen molar-refractivity contribution in [2.45, 2.75) is 0 Å². The Bertz CT molecular complexity index is 6.85. The summed E-state index contributed by atoms with van der Waals surface area (Å²) in [4.78, 5) is 0. The number of hydrogen-bond acceptors (Lipinski definition) is 0. The maximum Gasteiger partial charge on any atom is 2.00 e. The molecule has 0 aromatic carbocycles. The summed E-state index contributed by atoms with van der Waals surface area (Å²) in [7, 11) is 0. The molecule has 0 atom stereocenters. The smallest absolute Gasteiger partial charge is 2.00 e. The van der Waals surface area contributed by atoms with Crippen molar-refractivity contribution in [2.24, 2.45) is 0 Å². The zero-order chi connectivity index (χ0) is 0. The minimum atomic E-state index is 0. The first-order chi connectivity index (χ1) is 0. The van der Waals surface area contributed by atoms with Gasteiger partial charge in [-0.05, 0) is 0 Å². The molecule has 5 heteroatoms. The summed E-state index contributed by atoms with van der Waals surface area (Å²) in [5.74, 6) is 0. The van der Waals surface area contributed by atoms with Crippen LogP contribution in [0.25, 0.3) is 0 Å². The molecule has 0 fully saturated rings. The van der Waals surface area contributed by atoms with Crippen molar-refractivity contribution in [2.75, 3.05) is 0 Å². The summed E-state index contributed by atoms with van der Waals surface area (Å²) in [6.07, 6.45) is 0. The van der Waals surface area contributed by atoms with Gasteiger partial charge in [0.1, 0.15) is 0 Å². The summed E-state index contributed by atoms with van der Waals surface area (Å²) in [5.41, 5.74) is 0. The third-order valence-corrected chi connectivity index (χ3v) is 0. The van der Waals surface area contributed by atoms with Crippen LogP contribution in [0.4, 0.5) is 0 Å². The average molecular weight is 493 g/mol. The van der Waals surface area contributed by atoms with Gasteiger partial charge in [-0.1, -0.05) is 0 Å². The van der Waals surface area contributed by atoms with Crippen LogP contribution in [0.1, 0.15) is 0 Å². The van der Waals surface area contributed by atoms with Crippen LogP contribution in [0.5, 0.6) is 0 Å². The summed E-state index contributed by atoms with van der Waals surface area (Å²) in [6.45, 7) is 0. The average Bonchev–Trinajstić information content (AvgIpc) is 0. The van der Waals surface area contributed by atoms with E-state index >= 15 is 0 Å². The fourth-order valence-corrected chi connectivity index (χ4v) is 0. The first kappa shape index (κ1) is 47.0. The van der Waals surface area contributed by atoms with Gasteiger partial charge in [0.25, 0.3) is 0 Å². The Morgan fingerprint density at radius 2 is 0.600 bits per heavy atom. The van der Waals surface area contributed by atoms with E-state index in [0.29, 0.717) is 0 Å². The Morgan fingerprint density at radius 1 is 0.600 bits per heavy atom. The zero-order valence-corrected chi connectivity index (χ0v) is 10.3. The molecule has 0 bridgehead atoms. The summed E-state index contributed by atoms with van der Waals surface area (Å²) in [6, 6.07) is 0. The molecule has 0 amide bonds. The Morgan fingerprint density at radius 3 is 0.600 bits per heavy atom. The van der Waals surface area contributed by atoms with Crippen molar-refractivity contribution in [3.05, 3.63) is 0 Å². The maximum atomic E-state index is 0. The second-order valence-electron chi connectivity index (χ2n) is 0. The summed E-state index contributed by atoms with van der Waals surface area (Å²) in [5, 5.41) is 0. The quantitative estimate of drug-likeness (QED) is 0.375. The van der Waals surface area contributed by atoms with Crippen LogP contribution >= 0.6 is 0 Å². The molecule has 0 aliphatic carbocycles. The normalized spacial score (nSPS) is 0. The van der Waals surface area contributed by atoms with Crippen LogP contribution in [0.15, 0.2) is 0 Å². The predicted molar refractivity (Wildman–Crippen MR) is 17.3 cm³/mol. The van der Waals surface area contributed by atoms with Gasteiger partial charge in [0.15, 0.2) is 0 Å². The van der Waals surface area contributed by atoms with E-state index in [9.17, 15) is 0 Å². The van der Waals surface area contributed by atoms with Crippen molar-refractivity contribution >= 4 is 51.2 Å². The standard InChI is InChI=1S/Cu.Ir.3Se/q+2;;3*-2. The molecule has 0 heterocycles. The minimum absolute atomic E-state index is 0. The van der Waals surface area contributed by atoms with E-state index in [-0.39, 0.29) is 88.4 Å². The fraction of sp³-hybridized carbons (Fsp3) is 0. The van der Waals surface area contributed by atoms with E-state index in [1.54, 1.807) is 0 Å². The molecule has 0 unspecified atom stereocenters. The Balaban J connectivity index is 0. The third kappa shape index (κ3) is 20.2. The topological polar surface area (TPSA) is 0 Å². The molecule has 0 rings (SSSR count). The van der Waals surface area contributed by atoms with Gasteiger partial charge in [-0.3, -0.25) is 0 Å². The number of hydrogen-bond donors (Lipinski definition) is 0. The molecular weight excluding hydrogens is 493 g/mol.